The van der Waals surface area contributed by atoms with Gasteiger partial charge in [-0.1, -0.05) is 30.3 Å². The summed E-state index contributed by atoms with van der Waals surface area (Å²) in [5.74, 6) is 0.387. The molecule has 3 heterocycles. The molecule has 0 aliphatic carbocycles. The minimum absolute atomic E-state index is 0.0928. The van der Waals surface area contributed by atoms with Gasteiger partial charge in [0.1, 0.15) is 0 Å². The number of likely N-dealkylation sites (tertiary alicyclic amines) is 1. The van der Waals surface area contributed by atoms with Crippen LogP contribution in [0.2, 0.25) is 0 Å². The number of hydrogen-bond acceptors (Lipinski definition) is 5. The van der Waals surface area contributed by atoms with E-state index in [4.69, 9.17) is 4.74 Å². The summed E-state index contributed by atoms with van der Waals surface area (Å²) in [4.78, 5) is 28.7. The topological polar surface area (TPSA) is 90.5 Å². The second kappa shape index (κ2) is 11.7. The lowest BCUT2D eigenvalue weighted by atomic mass is 9.89. The van der Waals surface area contributed by atoms with Crippen LogP contribution in [0.3, 0.4) is 0 Å². The maximum absolute atomic E-state index is 13.3. The summed E-state index contributed by atoms with van der Waals surface area (Å²) < 4.78 is 34.5. The summed E-state index contributed by atoms with van der Waals surface area (Å²) in [7, 11) is -3.67. The molecule has 0 radical (unpaired) electrons. The quantitative estimate of drug-likeness (QED) is 0.590. The Bertz CT molecular complexity index is 957. The van der Waals surface area contributed by atoms with Crippen LogP contribution in [0, 0.1) is 11.8 Å². The molecular weight excluding hydrogens is 468 g/mol. The van der Waals surface area contributed by atoms with E-state index in [0.717, 1.165) is 38.8 Å². The Labute approximate surface area is 209 Å². The monoisotopic (exact) mass is 506 g/mol. The van der Waals surface area contributed by atoms with Gasteiger partial charge in [0.25, 0.3) is 10.2 Å². The minimum atomic E-state index is -3.67. The van der Waals surface area contributed by atoms with Crippen LogP contribution < -0.4 is 0 Å². The van der Waals surface area contributed by atoms with Crippen LogP contribution in [0.4, 0.5) is 4.79 Å². The Morgan fingerprint density at radius 3 is 2.23 bits per heavy atom. The highest BCUT2D eigenvalue weighted by molar-refractivity contribution is 7.86. The van der Waals surface area contributed by atoms with Crippen molar-refractivity contribution in [3.63, 3.8) is 0 Å². The third-order valence-corrected chi connectivity index (χ3v) is 9.45. The van der Waals surface area contributed by atoms with E-state index in [9.17, 15) is 18.0 Å². The molecule has 1 aromatic rings. The molecule has 0 unspecified atom stereocenters. The molecule has 3 saturated heterocycles. The van der Waals surface area contributed by atoms with Crippen LogP contribution in [0.15, 0.2) is 30.3 Å². The zero-order valence-corrected chi connectivity index (χ0v) is 21.5. The third kappa shape index (κ3) is 6.34. The Morgan fingerprint density at radius 1 is 0.886 bits per heavy atom. The van der Waals surface area contributed by atoms with Gasteiger partial charge in [-0.15, -0.1) is 0 Å². The molecular formula is C25H38N4O5S. The van der Waals surface area contributed by atoms with Crippen LogP contribution >= 0.6 is 0 Å². The number of amides is 2. The standard InChI is InChI=1S/C25H38N4O5S/c1-2-34-25(31)27-15-17-28(18-16-27)35(32,33)29-12-6-9-23(20-29)24(30)26-13-10-22(11-14-26)19-21-7-4-3-5-8-21/h3-5,7-8,22-23H,2,6,9-20H2,1H3/t23-/m0/s1. The van der Waals surface area contributed by atoms with Crippen molar-refractivity contribution in [2.75, 3.05) is 59.0 Å². The minimum Gasteiger partial charge on any atom is -0.450 e. The normalized spacial score (nSPS) is 23.3. The average molecular weight is 507 g/mol. The van der Waals surface area contributed by atoms with Gasteiger partial charge in [0, 0.05) is 52.4 Å². The molecule has 9 nitrogen and oxygen atoms in total. The third-order valence-electron chi connectivity index (χ3n) is 7.44. The first-order valence-corrected chi connectivity index (χ1v) is 14.3. The predicted molar refractivity (Wildman–Crippen MR) is 133 cm³/mol. The molecule has 3 fully saturated rings. The van der Waals surface area contributed by atoms with Crippen molar-refractivity contribution >= 4 is 22.2 Å². The maximum Gasteiger partial charge on any atom is 0.409 e. The highest BCUT2D eigenvalue weighted by Gasteiger charge is 2.39. The molecule has 1 aromatic carbocycles. The molecule has 3 aliphatic heterocycles. The average Bonchev–Trinajstić information content (AvgIpc) is 2.89. The molecule has 10 heteroatoms. The van der Waals surface area contributed by atoms with Gasteiger partial charge >= 0.3 is 6.09 Å². The Balaban J connectivity index is 1.27. The van der Waals surface area contributed by atoms with E-state index in [0.29, 0.717) is 38.6 Å². The lowest BCUT2D eigenvalue weighted by molar-refractivity contribution is -0.138. The summed E-state index contributed by atoms with van der Waals surface area (Å²) in [5, 5.41) is 0. The molecule has 35 heavy (non-hydrogen) atoms. The van der Waals surface area contributed by atoms with E-state index in [2.05, 4.69) is 24.3 Å². The zero-order valence-electron chi connectivity index (χ0n) is 20.7. The summed E-state index contributed by atoms with van der Waals surface area (Å²) in [6, 6.07) is 10.5. The number of carbonyl (C=O) groups is 2. The van der Waals surface area contributed by atoms with Crippen LogP contribution in [-0.4, -0.2) is 97.8 Å². The summed E-state index contributed by atoms with van der Waals surface area (Å²) in [5.41, 5.74) is 1.34. The fraction of sp³-hybridized carbons (Fsp3) is 0.680. The first-order valence-electron chi connectivity index (χ1n) is 12.9. The number of rotatable bonds is 6. The van der Waals surface area contributed by atoms with Crippen LogP contribution in [-0.2, 0) is 26.2 Å². The molecule has 2 amide bonds. The van der Waals surface area contributed by atoms with Gasteiger partial charge in [0.15, 0.2) is 0 Å². The Morgan fingerprint density at radius 2 is 1.57 bits per heavy atom. The van der Waals surface area contributed by atoms with Crippen molar-refractivity contribution < 1.29 is 22.7 Å². The molecule has 0 spiro atoms. The maximum atomic E-state index is 13.3. The van der Waals surface area contributed by atoms with Crippen molar-refractivity contribution in [1.29, 1.82) is 0 Å². The first-order chi connectivity index (χ1) is 16.9. The van der Waals surface area contributed by atoms with Crippen molar-refractivity contribution in [2.24, 2.45) is 11.8 Å². The highest BCUT2D eigenvalue weighted by Crippen LogP contribution is 2.27. The van der Waals surface area contributed by atoms with E-state index in [1.54, 1.807) is 11.8 Å². The Hall–Kier alpha value is -2.17. The molecule has 0 aromatic heterocycles. The zero-order chi connectivity index (χ0) is 24.8. The summed E-state index contributed by atoms with van der Waals surface area (Å²) in [6.45, 7) is 5.32. The second-order valence-electron chi connectivity index (χ2n) is 9.75. The number of hydrogen-bond donors (Lipinski definition) is 0. The Kier molecular flexibility index (Phi) is 8.67. The van der Waals surface area contributed by atoms with Crippen molar-refractivity contribution in [3.05, 3.63) is 35.9 Å². The molecule has 194 valence electrons. The second-order valence-corrected chi connectivity index (χ2v) is 11.7. The SMILES string of the molecule is CCOC(=O)N1CCN(S(=O)(=O)N2CCC[C@H](C(=O)N3CCC(Cc4ccccc4)CC3)C2)CC1. The van der Waals surface area contributed by atoms with Crippen LogP contribution in [0.1, 0.15) is 38.2 Å². The van der Waals surface area contributed by atoms with Gasteiger partial charge in [0.2, 0.25) is 5.91 Å². The van der Waals surface area contributed by atoms with Gasteiger partial charge in [-0.3, -0.25) is 4.79 Å². The van der Waals surface area contributed by atoms with Crippen molar-refractivity contribution in [3.8, 4) is 0 Å². The molecule has 4 rings (SSSR count). The van der Waals surface area contributed by atoms with Gasteiger partial charge in [-0.25, -0.2) is 4.79 Å². The number of nitrogens with zero attached hydrogens (tertiary/aromatic N) is 4. The van der Waals surface area contributed by atoms with Crippen LogP contribution in [0.5, 0.6) is 0 Å². The lowest BCUT2D eigenvalue weighted by Crippen LogP contribution is -2.56. The largest absolute Gasteiger partial charge is 0.450 e. The van der Waals surface area contributed by atoms with Gasteiger partial charge in [0.05, 0.1) is 12.5 Å². The summed E-state index contributed by atoms with van der Waals surface area (Å²) in [6.07, 6.45) is 4.02. The van der Waals surface area contributed by atoms with Crippen LogP contribution in [0.25, 0.3) is 0 Å². The lowest BCUT2D eigenvalue weighted by Gasteiger charge is -2.40. The van der Waals surface area contributed by atoms with Crippen molar-refractivity contribution in [1.82, 2.24) is 18.4 Å². The van der Waals surface area contributed by atoms with E-state index in [-0.39, 0.29) is 31.5 Å². The smallest absolute Gasteiger partial charge is 0.409 e. The summed E-state index contributed by atoms with van der Waals surface area (Å²) >= 11 is 0. The van der Waals surface area contributed by atoms with Crippen molar-refractivity contribution in [2.45, 2.75) is 39.0 Å². The van der Waals surface area contributed by atoms with E-state index >= 15 is 0 Å². The molecule has 0 N–H and O–H groups in total. The number of benzene rings is 1. The number of piperidine rings is 2. The number of piperazine rings is 1. The van der Waals surface area contributed by atoms with Gasteiger partial charge in [-0.2, -0.15) is 17.0 Å². The molecule has 0 saturated carbocycles. The molecule has 1 atom stereocenters. The number of ether oxygens (including phenoxy) is 1. The highest BCUT2D eigenvalue weighted by atomic mass is 32.2. The molecule has 0 bridgehead atoms. The fourth-order valence-corrected chi connectivity index (χ4v) is 7.08. The fourth-order valence-electron chi connectivity index (χ4n) is 5.40. The van der Waals surface area contributed by atoms with E-state index in [1.807, 2.05) is 11.0 Å². The van der Waals surface area contributed by atoms with Gasteiger partial charge < -0.3 is 14.5 Å². The first kappa shape index (κ1) is 25.9. The number of carbonyl (C=O) groups excluding carboxylic acids is 2. The van der Waals surface area contributed by atoms with E-state index < -0.39 is 16.3 Å². The van der Waals surface area contributed by atoms with Gasteiger partial charge in [-0.05, 0) is 50.5 Å². The predicted octanol–water partition coefficient (Wildman–Crippen LogP) is 2.20. The molecule has 3 aliphatic rings. The van der Waals surface area contributed by atoms with E-state index in [1.165, 1.54) is 14.2 Å².